The van der Waals surface area contributed by atoms with Crippen molar-refractivity contribution in [3.63, 3.8) is 0 Å². The number of hydrogen-bond donors (Lipinski definition) is 1. The van der Waals surface area contributed by atoms with Gasteiger partial charge in [0.05, 0.1) is 7.11 Å². The van der Waals surface area contributed by atoms with E-state index in [1.165, 1.54) is 39.2 Å². The van der Waals surface area contributed by atoms with Crippen LogP contribution in [0.25, 0.3) is 0 Å². The van der Waals surface area contributed by atoms with E-state index < -0.39 is 5.54 Å². The fraction of sp³-hybridized carbons (Fsp3) is 0.929. The lowest BCUT2D eigenvalue weighted by atomic mass is 10.0. The molecular formula is C14H26N2O2. The van der Waals surface area contributed by atoms with Crippen molar-refractivity contribution in [2.75, 3.05) is 20.2 Å². The highest BCUT2D eigenvalue weighted by atomic mass is 16.5. The first-order chi connectivity index (χ1) is 8.59. The van der Waals surface area contributed by atoms with Crippen molar-refractivity contribution in [1.82, 2.24) is 10.2 Å². The first-order valence-electron chi connectivity index (χ1n) is 7.19. The maximum atomic E-state index is 12.1. The third-order valence-electron chi connectivity index (χ3n) is 4.23. The number of nitrogens with one attached hydrogen (secondary N) is 1. The van der Waals surface area contributed by atoms with Crippen LogP contribution in [0.4, 0.5) is 0 Å². The molecule has 2 aliphatic rings. The minimum Gasteiger partial charge on any atom is -0.468 e. The van der Waals surface area contributed by atoms with Gasteiger partial charge >= 0.3 is 5.97 Å². The summed E-state index contributed by atoms with van der Waals surface area (Å²) in [7, 11) is 1.48. The number of carbonyl (C=O) groups is 1. The van der Waals surface area contributed by atoms with Crippen molar-refractivity contribution in [2.24, 2.45) is 0 Å². The maximum Gasteiger partial charge on any atom is 0.327 e. The van der Waals surface area contributed by atoms with E-state index in [9.17, 15) is 4.79 Å². The van der Waals surface area contributed by atoms with Gasteiger partial charge in [-0.05, 0) is 45.6 Å². The predicted octanol–water partition coefficient (Wildman–Crippen LogP) is 1.54. The standard InChI is InChI=1S/C14H26N2O2/c1-4-12-6-5-9-16(12)10-14(2,13(17)18-3)15-11-7-8-11/h11-12,15H,4-10H2,1-3H3. The van der Waals surface area contributed by atoms with Crippen LogP contribution in [-0.2, 0) is 9.53 Å². The minimum atomic E-state index is -0.548. The summed E-state index contributed by atoms with van der Waals surface area (Å²) in [5.74, 6) is -0.129. The fourth-order valence-electron chi connectivity index (χ4n) is 3.04. The van der Waals surface area contributed by atoms with Crippen LogP contribution in [0.15, 0.2) is 0 Å². The molecule has 18 heavy (non-hydrogen) atoms. The van der Waals surface area contributed by atoms with Crippen LogP contribution < -0.4 is 5.32 Å². The van der Waals surface area contributed by atoms with Gasteiger partial charge in [-0.1, -0.05) is 6.92 Å². The van der Waals surface area contributed by atoms with Gasteiger partial charge in [-0.15, -0.1) is 0 Å². The molecule has 1 saturated carbocycles. The van der Waals surface area contributed by atoms with Gasteiger partial charge in [0.25, 0.3) is 0 Å². The Morgan fingerprint density at radius 2 is 2.17 bits per heavy atom. The Balaban J connectivity index is 2.01. The van der Waals surface area contributed by atoms with E-state index in [-0.39, 0.29) is 5.97 Å². The smallest absolute Gasteiger partial charge is 0.327 e. The van der Waals surface area contributed by atoms with Crippen LogP contribution in [0.3, 0.4) is 0 Å². The summed E-state index contributed by atoms with van der Waals surface area (Å²) in [6.07, 6.45) is 6.05. The Morgan fingerprint density at radius 1 is 1.44 bits per heavy atom. The predicted molar refractivity (Wildman–Crippen MR) is 71.5 cm³/mol. The quantitative estimate of drug-likeness (QED) is 0.730. The Labute approximate surface area is 110 Å². The number of methoxy groups -OCH3 is 1. The van der Waals surface area contributed by atoms with Crippen LogP contribution in [0.1, 0.15) is 46.0 Å². The minimum absolute atomic E-state index is 0.129. The molecule has 0 radical (unpaired) electrons. The Kier molecular flexibility index (Phi) is 4.28. The SMILES string of the molecule is CCC1CCCN1CC(C)(NC1CC1)C(=O)OC. The molecule has 1 N–H and O–H groups in total. The molecule has 1 aliphatic heterocycles. The van der Waals surface area contributed by atoms with Crippen LogP contribution >= 0.6 is 0 Å². The molecule has 0 aromatic rings. The van der Waals surface area contributed by atoms with Gasteiger partial charge in [-0.2, -0.15) is 0 Å². The van der Waals surface area contributed by atoms with Gasteiger partial charge in [0.2, 0.25) is 0 Å². The molecule has 0 aromatic heterocycles. The zero-order chi connectivity index (χ0) is 13.2. The van der Waals surface area contributed by atoms with Gasteiger partial charge in [0.1, 0.15) is 5.54 Å². The number of hydrogen-bond acceptors (Lipinski definition) is 4. The van der Waals surface area contributed by atoms with Gasteiger partial charge in [-0.3, -0.25) is 15.0 Å². The third kappa shape index (κ3) is 3.04. The Hall–Kier alpha value is -0.610. The number of carbonyl (C=O) groups excluding carboxylic acids is 1. The zero-order valence-electron chi connectivity index (χ0n) is 11.9. The van der Waals surface area contributed by atoms with E-state index in [4.69, 9.17) is 4.74 Å². The topological polar surface area (TPSA) is 41.6 Å². The highest BCUT2D eigenvalue weighted by Crippen LogP contribution is 2.27. The third-order valence-corrected chi connectivity index (χ3v) is 4.23. The molecule has 2 atom stereocenters. The number of ether oxygens (including phenoxy) is 1. The van der Waals surface area contributed by atoms with Crippen LogP contribution in [-0.4, -0.2) is 48.7 Å². The van der Waals surface area contributed by atoms with E-state index in [2.05, 4.69) is 17.1 Å². The summed E-state index contributed by atoms with van der Waals surface area (Å²) >= 11 is 0. The van der Waals surface area contributed by atoms with Crippen molar-refractivity contribution in [3.05, 3.63) is 0 Å². The van der Waals surface area contributed by atoms with Crippen molar-refractivity contribution >= 4 is 5.97 Å². The first kappa shape index (κ1) is 13.8. The molecule has 2 unspecified atom stereocenters. The summed E-state index contributed by atoms with van der Waals surface area (Å²) < 4.78 is 5.00. The molecule has 4 heteroatoms. The molecule has 0 bridgehead atoms. The average molecular weight is 254 g/mol. The highest BCUT2D eigenvalue weighted by Gasteiger charge is 2.42. The Morgan fingerprint density at radius 3 is 2.72 bits per heavy atom. The molecule has 2 fully saturated rings. The summed E-state index contributed by atoms with van der Waals surface area (Å²) in [6.45, 7) is 6.10. The second-order valence-corrected chi connectivity index (χ2v) is 5.92. The number of esters is 1. The van der Waals surface area contributed by atoms with Gasteiger partial charge in [0, 0.05) is 18.6 Å². The highest BCUT2D eigenvalue weighted by molar-refractivity contribution is 5.80. The zero-order valence-corrected chi connectivity index (χ0v) is 11.9. The Bertz CT molecular complexity index is 304. The fourth-order valence-corrected chi connectivity index (χ4v) is 3.04. The molecule has 0 amide bonds. The van der Waals surface area contributed by atoms with E-state index in [1.54, 1.807) is 0 Å². The van der Waals surface area contributed by atoms with Gasteiger partial charge in [-0.25, -0.2) is 0 Å². The molecule has 0 spiro atoms. The molecule has 104 valence electrons. The van der Waals surface area contributed by atoms with Crippen LogP contribution in [0.5, 0.6) is 0 Å². The summed E-state index contributed by atoms with van der Waals surface area (Å²) in [6, 6.07) is 1.15. The molecule has 2 rings (SSSR count). The summed E-state index contributed by atoms with van der Waals surface area (Å²) in [4.78, 5) is 14.5. The van der Waals surface area contributed by atoms with Crippen molar-refractivity contribution < 1.29 is 9.53 Å². The van der Waals surface area contributed by atoms with Crippen molar-refractivity contribution in [3.8, 4) is 0 Å². The largest absolute Gasteiger partial charge is 0.468 e. The summed E-state index contributed by atoms with van der Waals surface area (Å²) in [5, 5.41) is 3.47. The molecule has 1 heterocycles. The van der Waals surface area contributed by atoms with Crippen LogP contribution in [0.2, 0.25) is 0 Å². The second kappa shape index (κ2) is 5.57. The second-order valence-electron chi connectivity index (χ2n) is 5.92. The average Bonchev–Trinajstić information content (AvgIpc) is 3.05. The van der Waals surface area contributed by atoms with Gasteiger partial charge in [0.15, 0.2) is 0 Å². The van der Waals surface area contributed by atoms with Crippen molar-refractivity contribution in [2.45, 2.75) is 63.6 Å². The molecule has 1 aliphatic carbocycles. The summed E-state index contributed by atoms with van der Waals surface area (Å²) in [5.41, 5.74) is -0.548. The maximum absolute atomic E-state index is 12.1. The van der Waals surface area contributed by atoms with Gasteiger partial charge < -0.3 is 4.74 Å². The lowest BCUT2D eigenvalue weighted by Gasteiger charge is -2.35. The van der Waals surface area contributed by atoms with E-state index >= 15 is 0 Å². The van der Waals surface area contributed by atoms with Crippen LogP contribution in [0, 0.1) is 0 Å². The lowest BCUT2D eigenvalue weighted by molar-refractivity contribution is -0.149. The monoisotopic (exact) mass is 254 g/mol. The normalized spacial score (nSPS) is 28.1. The number of rotatable bonds is 6. The first-order valence-corrected chi connectivity index (χ1v) is 7.19. The van der Waals surface area contributed by atoms with E-state index in [0.29, 0.717) is 12.1 Å². The lowest BCUT2D eigenvalue weighted by Crippen LogP contribution is -2.58. The van der Waals surface area contributed by atoms with E-state index in [1.807, 2.05) is 6.92 Å². The molecule has 1 saturated heterocycles. The molecule has 4 nitrogen and oxygen atoms in total. The van der Waals surface area contributed by atoms with Crippen molar-refractivity contribution in [1.29, 1.82) is 0 Å². The van der Waals surface area contributed by atoms with E-state index in [0.717, 1.165) is 13.1 Å². The molecular weight excluding hydrogens is 228 g/mol. The number of nitrogens with zero attached hydrogens (tertiary/aromatic N) is 1. The number of likely N-dealkylation sites (tertiary alicyclic amines) is 1. The molecule has 0 aromatic carbocycles.